The standard InChI is InChI=1S/C21H17NO/c23-21(15-7-2-1-3-8-15)18-11-6-10-16(13-18)20-14-17-9-4-5-12-19(17)22-20/h1-14,17,19,22H. The van der Waals surface area contributed by atoms with Crippen molar-refractivity contribution in [3.8, 4) is 0 Å². The third kappa shape index (κ3) is 2.64. The molecule has 4 rings (SSSR count). The average molecular weight is 299 g/mol. The highest BCUT2D eigenvalue weighted by Crippen LogP contribution is 2.28. The Kier molecular flexibility index (Phi) is 3.43. The van der Waals surface area contributed by atoms with E-state index >= 15 is 0 Å². The molecule has 0 fully saturated rings. The van der Waals surface area contributed by atoms with Crippen LogP contribution in [-0.4, -0.2) is 11.8 Å². The summed E-state index contributed by atoms with van der Waals surface area (Å²) in [5.41, 5.74) is 3.59. The smallest absolute Gasteiger partial charge is 0.193 e. The maximum atomic E-state index is 12.6. The van der Waals surface area contributed by atoms with Crippen molar-refractivity contribution in [3.05, 3.63) is 102 Å². The summed E-state index contributed by atoms with van der Waals surface area (Å²) in [5.74, 6) is 0.451. The number of hydrogen-bond donors (Lipinski definition) is 1. The second-order valence-electron chi connectivity index (χ2n) is 5.87. The summed E-state index contributed by atoms with van der Waals surface area (Å²) in [4.78, 5) is 12.6. The first kappa shape index (κ1) is 13.8. The fourth-order valence-corrected chi connectivity index (χ4v) is 3.11. The number of fused-ring (bicyclic) bond motifs is 1. The van der Waals surface area contributed by atoms with Crippen molar-refractivity contribution in [2.45, 2.75) is 6.04 Å². The van der Waals surface area contributed by atoms with Gasteiger partial charge in [-0.25, -0.2) is 0 Å². The minimum absolute atomic E-state index is 0.0586. The lowest BCUT2D eigenvalue weighted by Crippen LogP contribution is -2.25. The van der Waals surface area contributed by atoms with Crippen LogP contribution in [0, 0.1) is 5.92 Å². The summed E-state index contributed by atoms with van der Waals surface area (Å²) in [5, 5.41) is 3.53. The van der Waals surface area contributed by atoms with Crippen LogP contribution in [0.15, 0.2) is 85.0 Å². The van der Waals surface area contributed by atoms with Crippen molar-refractivity contribution in [3.63, 3.8) is 0 Å². The van der Waals surface area contributed by atoms with Crippen LogP contribution in [0.2, 0.25) is 0 Å². The fourth-order valence-electron chi connectivity index (χ4n) is 3.11. The Morgan fingerprint density at radius 2 is 1.65 bits per heavy atom. The zero-order chi connectivity index (χ0) is 15.6. The van der Waals surface area contributed by atoms with Crippen molar-refractivity contribution in [1.29, 1.82) is 0 Å². The molecule has 2 aliphatic rings. The van der Waals surface area contributed by atoms with Gasteiger partial charge < -0.3 is 5.32 Å². The highest BCUT2D eigenvalue weighted by atomic mass is 16.1. The first-order valence-corrected chi connectivity index (χ1v) is 7.85. The second kappa shape index (κ2) is 5.73. The summed E-state index contributed by atoms with van der Waals surface area (Å²) in [7, 11) is 0. The SMILES string of the molecule is O=C(c1ccccc1)c1cccc(C2=CC3C=CC=CC3N2)c1. The minimum atomic E-state index is 0.0586. The Morgan fingerprint density at radius 3 is 2.48 bits per heavy atom. The topological polar surface area (TPSA) is 29.1 Å². The summed E-state index contributed by atoms with van der Waals surface area (Å²) in [6.07, 6.45) is 10.8. The van der Waals surface area contributed by atoms with Crippen molar-refractivity contribution in [2.24, 2.45) is 5.92 Å². The normalized spacial score (nSPS) is 21.5. The lowest BCUT2D eigenvalue weighted by Gasteiger charge is -2.16. The molecule has 2 aromatic carbocycles. The van der Waals surface area contributed by atoms with Gasteiger partial charge in [0.1, 0.15) is 0 Å². The zero-order valence-electron chi connectivity index (χ0n) is 12.6. The quantitative estimate of drug-likeness (QED) is 0.869. The molecule has 2 heteroatoms. The van der Waals surface area contributed by atoms with Crippen LogP contribution in [-0.2, 0) is 0 Å². The Morgan fingerprint density at radius 1 is 0.870 bits per heavy atom. The molecule has 0 radical (unpaired) electrons. The van der Waals surface area contributed by atoms with Gasteiger partial charge in [-0.1, -0.05) is 78.9 Å². The van der Waals surface area contributed by atoms with Gasteiger partial charge in [0.2, 0.25) is 0 Å². The molecule has 0 aromatic heterocycles. The van der Waals surface area contributed by atoms with Crippen LogP contribution in [0.3, 0.4) is 0 Å². The van der Waals surface area contributed by atoms with Gasteiger partial charge in [0.05, 0.1) is 6.04 Å². The van der Waals surface area contributed by atoms with E-state index in [1.165, 1.54) is 0 Å². The Hall–Kier alpha value is -2.87. The van der Waals surface area contributed by atoms with Gasteiger partial charge >= 0.3 is 0 Å². The van der Waals surface area contributed by atoms with Crippen molar-refractivity contribution < 1.29 is 4.79 Å². The van der Waals surface area contributed by atoms with E-state index in [0.29, 0.717) is 12.0 Å². The van der Waals surface area contributed by atoms with Gasteiger partial charge in [0.25, 0.3) is 0 Å². The third-order valence-corrected chi connectivity index (χ3v) is 4.33. The van der Waals surface area contributed by atoms with Crippen LogP contribution >= 0.6 is 0 Å². The maximum absolute atomic E-state index is 12.6. The number of carbonyl (C=O) groups excluding carboxylic acids is 1. The maximum Gasteiger partial charge on any atom is 0.193 e. The minimum Gasteiger partial charge on any atom is -0.378 e. The molecular weight excluding hydrogens is 282 g/mol. The van der Waals surface area contributed by atoms with E-state index < -0.39 is 0 Å². The van der Waals surface area contributed by atoms with E-state index in [1.807, 2.05) is 54.6 Å². The number of ketones is 1. The summed E-state index contributed by atoms with van der Waals surface area (Å²) < 4.78 is 0. The van der Waals surface area contributed by atoms with E-state index in [2.05, 4.69) is 35.7 Å². The monoisotopic (exact) mass is 299 g/mol. The number of rotatable bonds is 3. The molecule has 2 atom stereocenters. The highest BCUT2D eigenvalue weighted by Gasteiger charge is 2.24. The molecular formula is C21H17NO. The number of nitrogens with one attached hydrogen (secondary N) is 1. The Bertz CT molecular complexity index is 830. The molecule has 112 valence electrons. The average Bonchev–Trinajstić information content (AvgIpc) is 3.06. The molecule has 2 unspecified atom stereocenters. The van der Waals surface area contributed by atoms with Crippen LogP contribution < -0.4 is 5.32 Å². The number of allylic oxidation sites excluding steroid dienone is 2. The van der Waals surface area contributed by atoms with E-state index in [9.17, 15) is 4.79 Å². The highest BCUT2D eigenvalue weighted by molar-refractivity contribution is 6.09. The van der Waals surface area contributed by atoms with Gasteiger partial charge in [0.15, 0.2) is 5.78 Å². The molecule has 2 nitrogen and oxygen atoms in total. The van der Waals surface area contributed by atoms with Crippen LogP contribution in [0.5, 0.6) is 0 Å². The first-order valence-electron chi connectivity index (χ1n) is 7.85. The summed E-state index contributed by atoms with van der Waals surface area (Å²) >= 11 is 0. The Balaban J connectivity index is 1.64. The summed E-state index contributed by atoms with van der Waals surface area (Å²) in [6, 6.07) is 17.6. The molecule has 0 bridgehead atoms. The third-order valence-electron chi connectivity index (χ3n) is 4.33. The van der Waals surface area contributed by atoms with Crippen LogP contribution in [0.1, 0.15) is 21.5 Å². The van der Waals surface area contributed by atoms with Crippen molar-refractivity contribution in [1.82, 2.24) is 5.32 Å². The first-order chi connectivity index (χ1) is 11.3. The van der Waals surface area contributed by atoms with Crippen molar-refractivity contribution >= 4 is 11.5 Å². The molecule has 1 aliphatic heterocycles. The van der Waals surface area contributed by atoms with Gasteiger partial charge in [-0.3, -0.25) is 4.79 Å². The molecule has 2 aromatic rings. The van der Waals surface area contributed by atoms with Gasteiger partial charge in [-0.05, 0) is 11.6 Å². The fraction of sp³-hybridized carbons (Fsp3) is 0.0952. The van der Waals surface area contributed by atoms with E-state index in [-0.39, 0.29) is 5.78 Å². The number of hydrogen-bond acceptors (Lipinski definition) is 2. The molecule has 0 spiro atoms. The van der Waals surface area contributed by atoms with Crippen molar-refractivity contribution in [2.75, 3.05) is 0 Å². The van der Waals surface area contributed by atoms with Gasteiger partial charge in [-0.2, -0.15) is 0 Å². The van der Waals surface area contributed by atoms with E-state index in [0.717, 1.165) is 22.4 Å². The lowest BCUT2D eigenvalue weighted by atomic mass is 9.97. The summed E-state index contributed by atoms with van der Waals surface area (Å²) in [6.45, 7) is 0. The van der Waals surface area contributed by atoms with E-state index in [4.69, 9.17) is 0 Å². The Labute approximate surface area is 135 Å². The predicted molar refractivity (Wildman–Crippen MR) is 93.0 cm³/mol. The molecule has 1 N–H and O–H groups in total. The molecule has 0 saturated heterocycles. The van der Waals surface area contributed by atoms with Gasteiger partial charge in [0, 0.05) is 22.7 Å². The zero-order valence-corrected chi connectivity index (χ0v) is 12.6. The van der Waals surface area contributed by atoms with Crippen LogP contribution in [0.4, 0.5) is 0 Å². The lowest BCUT2D eigenvalue weighted by molar-refractivity contribution is 0.103. The number of benzene rings is 2. The second-order valence-corrected chi connectivity index (χ2v) is 5.87. The molecule has 0 saturated carbocycles. The molecule has 1 heterocycles. The number of carbonyl (C=O) groups is 1. The van der Waals surface area contributed by atoms with Gasteiger partial charge in [-0.15, -0.1) is 0 Å². The largest absolute Gasteiger partial charge is 0.378 e. The molecule has 1 aliphatic carbocycles. The molecule has 23 heavy (non-hydrogen) atoms. The predicted octanol–water partition coefficient (Wildman–Crippen LogP) is 3.97. The van der Waals surface area contributed by atoms with E-state index in [1.54, 1.807) is 0 Å². The van der Waals surface area contributed by atoms with Crippen LogP contribution in [0.25, 0.3) is 5.70 Å². The molecule has 0 amide bonds.